The van der Waals surface area contributed by atoms with Crippen LogP contribution < -0.4 is 0 Å². The molecular weight excluding hydrogens is 216 g/mol. The van der Waals surface area contributed by atoms with E-state index in [1.807, 2.05) is 6.08 Å². The average Bonchev–Trinajstić information content (AvgIpc) is 2.38. The summed E-state index contributed by atoms with van der Waals surface area (Å²) in [6.45, 7) is 3.77. The molecule has 0 aliphatic heterocycles. The zero-order valence-corrected chi connectivity index (χ0v) is 11.3. The maximum absolute atomic E-state index is 3.77. The van der Waals surface area contributed by atoms with Gasteiger partial charge >= 0.3 is 0 Å². The third kappa shape index (κ3) is 3.60. The Morgan fingerprint density at radius 3 is 2.39 bits per heavy atom. The van der Waals surface area contributed by atoms with Gasteiger partial charge in [-0.2, -0.15) is 0 Å². The summed E-state index contributed by atoms with van der Waals surface area (Å²) >= 11 is 0. The number of hydrogen-bond acceptors (Lipinski definition) is 0. The number of benzene rings is 1. The van der Waals surface area contributed by atoms with E-state index in [0.29, 0.717) is 0 Å². The maximum atomic E-state index is 3.77. The van der Waals surface area contributed by atoms with E-state index in [-0.39, 0.29) is 0 Å². The summed E-state index contributed by atoms with van der Waals surface area (Å²) in [6.07, 6.45) is 12.6. The molecule has 1 aromatic rings. The highest BCUT2D eigenvalue weighted by Gasteiger charge is 2.17. The van der Waals surface area contributed by atoms with Gasteiger partial charge in [0.1, 0.15) is 0 Å². The summed E-state index contributed by atoms with van der Waals surface area (Å²) in [5, 5.41) is 0. The molecule has 0 amide bonds. The smallest absolute Gasteiger partial charge is 0.0225 e. The van der Waals surface area contributed by atoms with Crippen molar-refractivity contribution in [2.45, 2.75) is 51.4 Å². The largest absolute Gasteiger partial charge is 0.103 e. The average molecular weight is 240 g/mol. The summed E-state index contributed by atoms with van der Waals surface area (Å²) in [5.74, 6) is 0. The molecule has 0 spiro atoms. The number of unbranched alkanes of at least 4 members (excludes halogenated alkanes) is 4. The van der Waals surface area contributed by atoms with Crippen molar-refractivity contribution in [2.75, 3.05) is 0 Å². The van der Waals surface area contributed by atoms with Gasteiger partial charge in [0.15, 0.2) is 0 Å². The van der Waals surface area contributed by atoms with Crippen molar-refractivity contribution in [3.63, 3.8) is 0 Å². The van der Waals surface area contributed by atoms with Gasteiger partial charge in [0.2, 0.25) is 0 Å². The first kappa shape index (κ1) is 13.1. The minimum Gasteiger partial charge on any atom is -0.103 e. The van der Waals surface area contributed by atoms with Crippen LogP contribution in [0.15, 0.2) is 48.6 Å². The molecular formula is C18H24. The molecule has 0 saturated carbocycles. The molecule has 0 bridgehead atoms. The Kier molecular flexibility index (Phi) is 5.26. The lowest BCUT2D eigenvalue weighted by atomic mass is 9.81. The molecule has 0 radical (unpaired) electrons. The zero-order chi connectivity index (χ0) is 12.6. The molecule has 0 saturated heterocycles. The van der Waals surface area contributed by atoms with Crippen LogP contribution in [-0.2, 0) is 0 Å². The molecule has 0 aromatic heterocycles. The Labute approximate surface area is 111 Å². The van der Waals surface area contributed by atoms with Crippen LogP contribution in [0.5, 0.6) is 0 Å². The monoisotopic (exact) mass is 240 g/mol. The van der Waals surface area contributed by atoms with Gasteiger partial charge in [0.05, 0.1) is 0 Å². The molecule has 0 unspecified atom stereocenters. The van der Waals surface area contributed by atoms with E-state index >= 15 is 0 Å². The molecule has 2 rings (SSSR count). The first-order chi connectivity index (χ1) is 8.92. The van der Waals surface area contributed by atoms with Crippen LogP contribution in [0.1, 0.15) is 56.9 Å². The Hall–Kier alpha value is -1.30. The second kappa shape index (κ2) is 7.20. The Morgan fingerprint density at radius 2 is 1.72 bits per heavy atom. The van der Waals surface area contributed by atoms with Crippen LogP contribution in [0.4, 0.5) is 0 Å². The predicted molar refractivity (Wildman–Crippen MR) is 80.5 cm³/mol. The third-order valence-electron chi connectivity index (χ3n) is 3.86. The van der Waals surface area contributed by atoms with Gasteiger partial charge in [0.25, 0.3) is 0 Å². The maximum Gasteiger partial charge on any atom is -0.0225 e. The molecule has 96 valence electrons. The standard InChI is InChI=1S/C18H24/c1-2-3-4-5-6-8-13-17-14-15-18(17)16-11-9-7-10-12-16/h2,7,9-12H,1,3-6,8,13-15H2. The van der Waals surface area contributed by atoms with Crippen molar-refractivity contribution >= 4 is 5.57 Å². The van der Waals surface area contributed by atoms with Crippen molar-refractivity contribution in [2.24, 2.45) is 0 Å². The molecule has 1 aliphatic carbocycles. The first-order valence-corrected chi connectivity index (χ1v) is 7.29. The van der Waals surface area contributed by atoms with Gasteiger partial charge < -0.3 is 0 Å². The van der Waals surface area contributed by atoms with Crippen molar-refractivity contribution in [3.8, 4) is 0 Å². The summed E-state index contributed by atoms with van der Waals surface area (Å²) < 4.78 is 0. The molecule has 1 aliphatic rings. The number of rotatable bonds is 8. The van der Waals surface area contributed by atoms with E-state index in [4.69, 9.17) is 0 Å². The Morgan fingerprint density at radius 1 is 0.944 bits per heavy atom. The van der Waals surface area contributed by atoms with Crippen LogP contribution >= 0.6 is 0 Å². The predicted octanol–water partition coefficient (Wildman–Crippen LogP) is 5.76. The van der Waals surface area contributed by atoms with E-state index in [9.17, 15) is 0 Å². The van der Waals surface area contributed by atoms with E-state index in [2.05, 4.69) is 36.9 Å². The highest BCUT2D eigenvalue weighted by atomic mass is 14.2. The molecule has 0 fully saturated rings. The van der Waals surface area contributed by atoms with E-state index in [1.54, 1.807) is 11.1 Å². The SMILES string of the molecule is C=CCCCCCCC1=C(c2ccccc2)CC1. The molecule has 18 heavy (non-hydrogen) atoms. The number of hydrogen-bond donors (Lipinski definition) is 0. The summed E-state index contributed by atoms with van der Waals surface area (Å²) in [6, 6.07) is 10.9. The normalized spacial score (nSPS) is 14.4. The highest BCUT2D eigenvalue weighted by molar-refractivity contribution is 5.73. The van der Waals surface area contributed by atoms with Crippen molar-refractivity contribution in [1.29, 1.82) is 0 Å². The second-order valence-corrected chi connectivity index (χ2v) is 5.19. The van der Waals surface area contributed by atoms with Gasteiger partial charge in [-0.05, 0) is 49.7 Å². The quantitative estimate of drug-likeness (QED) is 0.400. The van der Waals surface area contributed by atoms with Gasteiger partial charge in [-0.3, -0.25) is 0 Å². The van der Waals surface area contributed by atoms with E-state index in [0.717, 1.165) is 0 Å². The van der Waals surface area contributed by atoms with Gasteiger partial charge in [-0.15, -0.1) is 6.58 Å². The molecule has 0 heteroatoms. The van der Waals surface area contributed by atoms with Gasteiger partial charge in [0, 0.05) is 0 Å². The third-order valence-corrected chi connectivity index (χ3v) is 3.86. The molecule has 0 nitrogen and oxygen atoms in total. The minimum absolute atomic E-state index is 1.18. The van der Waals surface area contributed by atoms with Gasteiger partial charge in [-0.25, -0.2) is 0 Å². The van der Waals surface area contributed by atoms with Crippen LogP contribution in [-0.4, -0.2) is 0 Å². The van der Waals surface area contributed by atoms with E-state index < -0.39 is 0 Å². The minimum atomic E-state index is 1.18. The molecule has 0 N–H and O–H groups in total. The van der Waals surface area contributed by atoms with Crippen LogP contribution in [0.2, 0.25) is 0 Å². The van der Waals surface area contributed by atoms with Crippen molar-refractivity contribution in [1.82, 2.24) is 0 Å². The first-order valence-electron chi connectivity index (χ1n) is 7.29. The Bertz CT molecular complexity index is 397. The van der Waals surface area contributed by atoms with E-state index in [1.165, 1.54) is 56.9 Å². The van der Waals surface area contributed by atoms with Gasteiger partial charge in [-0.1, -0.05) is 54.8 Å². The molecule has 1 aromatic carbocycles. The van der Waals surface area contributed by atoms with Crippen LogP contribution in [0.25, 0.3) is 5.57 Å². The van der Waals surface area contributed by atoms with Crippen LogP contribution in [0, 0.1) is 0 Å². The van der Waals surface area contributed by atoms with Crippen LogP contribution in [0.3, 0.4) is 0 Å². The molecule has 0 atom stereocenters. The fourth-order valence-electron chi connectivity index (χ4n) is 2.67. The summed E-state index contributed by atoms with van der Waals surface area (Å²) in [7, 11) is 0. The summed E-state index contributed by atoms with van der Waals surface area (Å²) in [4.78, 5) is 0. The molecule has 0 heterocycles. The fraction of sp³-hybridized carbons (Fsp3) is 0.444. The lowest BCUT2D eigenvalue weighted by Crippen LogP contribution is -2.03. The summed E-state index contributed by atoms with van der Waals surface area (Å²) in [5.41, 5.74) is 4.79. The zero-order valence-electron chi connectivity index (χ0n) is 11.3. The fourth-order valence-corrected chi connectivity index (χ4v) is 2.67. The van der Waals surface area contributed by atoms with Crippen molar-refractivity contribution < 1.29 is 0 Å². The highest BCUT2D eigenvalue weighted by Crippen LogP contribution is 2.38. The van der Waals surface area contributed by atoms with Crippen molar-refractivity contribution in [3.05, 3.63) is 54.1 Å². The Balaban J connectivity index is 1.75. The lowest BCUT2D eigenvalue weighted by molar-refractivity contribution is 0.629. The lowest BCUT2D eigenvalue weighted by Gasteiger charge is -2.24. The number of allylic oxidation sites excluding steroid dienone is 3. The second-order valence-electron chi connectivity index (χ2n) is 5.19. The topological polar surface area (TPSA) is 0 Å².